The summed E-state index contributed by atoms with van der Waals surface area (Å²) >= 11 is 0. The van der Waals surface area contributed by atoms with E-state index >= 15 is 0 Å². The molecule has 0 aliphatic heterocycles. The van der Waals surface area contributed by atoms with Crippen LogP contribution in [-0.4, -0.2) is 21.4 Å². The van der Waals surface area contributed by atoms with Crippen LogP contribution >= 0.6 is 0 Å². The van der Waals surface area contributed by atoms with Crippen LogP contribution in [0.3, 0.4) is 0 Å². The van der Waals surface area contributed by atoms with Crippen molar-refractivity contribution in [2.75, 3.05) is 0 Å². The first-order valence-corrected chi connectivity index (χ1v) is 5.52. The highest BCUT2D eigenvalue weighted by atomic mass is 16.4. The van der Waals surface area contributed by atoms with Crippen molar-refractivity contribution in [3.8, 4) is 0 Å². The van der Waals surface area contributed by atoms with Crippen LogP contribution in [0.2, 0.25) is 0 Å². The molecule has 1 aromatic heterocycles. The van der Waals surface area contributed by atoms with Crippen molar-refractivity contribution >= 4 is 11.8 Å². The fourth-order valence-corrected chi connectivity index (χ4v) is 1.99. The third kappa shape index (κ3) is 2.01. The summed E-state index contributed by atoms with van der Waals surface area (Å²) in [5, 5.41) is 9.03. The lowest BCUT2D eigenvalue weighted by atomic mass is 9.85. The number of carbonyl (C=O) groups excluding carboxylic acids is 1. The van der Waals surface area contributed by atoms with E-state index in [1.807, 2.05) is 0 Å². The van der Waals surface area contributed by atoms with E-state index in [4.69, 9.17) is 5.11 Å². The second-order valence-electron chi connectivity index (χ2n) is 4.42. The van der Waals surface area contributed by atoms with Crippen molar-refractivity contribution < 1.29 is 14.7 Å². The number of hydrogen-bond donors (Lipinski definition) is 1. The van der Waals surface area contributed by atoms with Crippen molar-refractivity contribution in [2.24, 2.45) is 5.92 Å². The van der Waals surface area contributed by atoms with E-state index in [1.165, 1.54) is 19.4 Å². The van der Waals surface area contributed by atoms with Gasteiger partial charge in [-0.2, -0.15) is 0 Å². The maximum Gasteiger partial charge on any atom is 0.352 e. The van der Waals surface area contributed by atoms with Crippen LogP contribution in [0, 0.1) is 5.92 Å². The topological polar surface area (TPSA) is 59.3 Å². The Morgan fingerprint density at radius 3 is 2.62 bits per heavy atom. The van der Waals surface area contributed by atoms with E-state index in [1.54, 1.807) is 10.8 Å². The van der Waals surface area contributed by atoms with E-state index < -0.39 is 5.97 Å². The van der Waals surface area contributed by atoms with E-state index in [-0.39, 0.29) is 11.5 Å². The van der Waals surface area contributed by atoms with Gasteiger partial charge in [0.05, 0.1) is 0 Å². The van der Waals surface area contributed by atoms with Crippen LogP contribution in [0.1, 0.15) is 47.0 Å². The smallest absolute Gasteiger partial charge is 0.352 e. The molecule has 1 N–H and O–H groups in total. The van der Waals surface area contributed by atoms with E-state index in [2.05, 4.69) is 0 Å². The molecule has 0 aromatic carbocycles. The zero-order valence-corrected chi connectivity index (χ0v) is 9.27. The molecule has 1 aliphatic carbocycles. The number of Topliss-reactive ketones (excluding diaryl/α,β-unsaturated/α-hetero) is 1. The molecule has 1 fully saturated rings. The minimum atomic E-state index is -0.966. The zero-order valence-electron chi connectivity index (χ0n) is 9.27. The Balaban J connectivity index is 2.25. The Kier molecular flexibility index (Phi) is 2.81. The minimum Gasteiger partial charge on any atom is -0.477 e. The van der Waals surface area contributed by atoms with Gasteiger partial charge in [0, 0.05) is 18.3 Å². The van der Waals surface area contributed by atoms with Gasteiger partial charge in [0.25, 0.3) is 0 Å². The molecule has 0 amide bonds. The monoisotopic (exact) mass is 221 g/mol. The quantitative estimate of drug-likeness (QED) is 0.793. The highest BCUT2D eigenvalue weighted by molar-refractivity contribution is 5.97. The Bertz CT molecular complexity index is 429. The summed E-state index contributed by atoms with van der Waals surface area (Å²) in [5.74, 6) is -0.480. The van der Waals surface area contributed by atoms with Gasteiger partial charge in [0.2, 0.25) is 0 Å². The highest BCUT2D eigenvalue weighted by Gasteiger charge is 2.21. The summed E-state index contributed by atoms with van der Waals surface area (Å²) in [6.07, 6.45) is 5.21. The Morgan fingerprint density at radius 1 is 1.50 bits per heavy atom. The largest absolute Gasteiger partial charge is 0.477 e. The molecular weight excluding hydrogens is 206 g/mol. The molecule has 1 heterocycles. The van der Waals surface area contributed by atoms with Gasteiger partial charge in [0.15, 0.2) is 5.78 Å². The molecule has 1 saturated carbocycles. The minimum absolute atomic E-state index is 0.0881. The number of rotatable bonds is 4. The van der Waals surface area contributed by atoms with Crippen LogP contribution in [0.25, 0.3) is 0 Å². The number of carboxylic acids is 1. The molecule has 4 nitrogen and oxygen atoms in total. The van der Waals surface area contributed by atoms with Crippen LogP contribution < -0.4 is 0 Å². The maximum atomic E-state index is 11.2. The summed E-state index contributed by atoms with van der Waals surface area (Å²) in [6.45, 7) is 2.17. The van der Waals surface area contributed by atoms with Gasteiger partial charge in [0.1, 0.15) is 5.69 Å². The van der Waals surface area contributed by atoms with Gasteiger partial charge in [-0.15, -0.1) is 0 Å². The lowest BCUT2D eigenvalue weighted by Crippen LogP contribution is -2.20. The number of hydrogen-bond acceptors (Lipinski definition) is 2. The van der Waals surface area contributed by atoms with Crippen molar-refractivity contribution in [3.63, 3.8) is 0 Å². The molecule has 1 aromatic rings. The van der Waals surface area contributed by atoms with Crippen molar-refractivity contribution in [1.29, 1.82) is 0 Å². The van der Waals surface area contributed by atoms with Gasteiger partial charge in [-0.1, -0.05) is 6.42 Å². The molecule has 0 bridgehead atoms. The van der Waals surface area contributed by atoms with E-state index in [0.717, 1.165) is 19.4 Å². The van der Waals surface area contributed by atoms with E-state index in [0.29, 0.717) is 11.5 Å². The third-order valence-electron chi connectivity index (χ3n) is 3.20. The second kappa shape index (κ2) is 4.12. The van der Waals surface area contributed by atoms with Crippen LogP contribution in [-0.2, 0) is 6.54 Å². The van der Waals surface area contributed by atoms with Gasteiger partial charge < -0.3 is 9.67 Å². The van der Waals surface area contributed by atoms with E-state index in [9.17, 15) is 9.59 Å². The molecule has 2 rings (SSSR count). The SMILES string of the molecule is CC(=O)c1cc(C(=O)O)n(CC2CCC2)c1. The van der Waals surface area contributed by atoms with Crippen LogP contribution in [0.4, 0.5) is 0 Å². The zero-order chi connectivity index (χ0) is 11.7. The van der Waals surface area contributed by atoms with Gasteiger partial charge in [-0.3, -0.25) is 4.79 Å². The first kappa shape index (κ1) is 10.9. The number of nitrogens with zero attached hydrogens (tertiary/aromatic N) is 1. The summed E-state index contributed by atoms with van der Waals surface area (Å²) in [4.78, 5) is 22.2. The molecule has 0 radical (unpaired) electrons. The van der Waals surface area contributed by atoms with Gasteiger partial charge in [-0.25, -0.2) is 4.79 Å². The number of ketones is 1. The third-order valence-corrected chi connectivity index (χ3v) is 3.20. The highest BCUT2D eigenvalue weighted by Crippen LogP contribution is 2.28. The first-order valence-electron chi connectivity index (χ1n) is 5.52. The fourth-order valence-electron chi connectivity index (χ4n) is 1.99. The second-order valence-corrected chi connectivity index (χ2v) is 4.42. The molecule has 0 unspecified atom stereocenters. The molecule has 1 aliphatic rings. The van der Waals surface area contributed by atoms with Gasteiger partial charge >= 0.3 is 5.97 Å². The standard InChI is InChI=1S/C12H15NO3/c1-8(14)10-5-11(12(15)16)13(7-10)6-9-3-2-4-9/h5,7,9H,2-4,6H2,1H3,(H,15,16). The first-order chi connectivity index (χ1) is 7.58. The Morgan fingerprint density at radius 2 is 2.19 bits per heavy atom. The van der Waals surface area contributed by atoms with Crippen molar-refractivity contribution in [1.82, 2.24) is 4.57 Å². The summed E-state index contributed by atoms with van der Waals surface area (Å²) < 4.78 is 1.70. The molecule has 86 valence electrons. The van der Waals surface area contributed by atoms with Crippen molar-refractivity contribution in [3.05, 3.63) is 23.5 Å². The van der Waals surface area contributed by atoms with Crippen molar-refractivity contribution in [2.45, 2.75) is 32.7 Å². The van der Waals surface area contributed by atoms with Crippen LogP contribution in [0.5, 0.6) is 0 Å². The molecule has 0 saturated heterocycles. The maximum absolute atomic E-state index is 11.2. The Hall–Kier alpha value is -1.58. The van der Waals surface area contributed by atoms with Gasteiger partial charge in [-0.05, 0) is 31.7 Å². The molecule has 4 heteroatoms. The average molecular weight is 221 g/mol. The molecule has 16 heavy (non-hydrogen) atoms. The number of carboxylic acid groups (broad SMARTS) is 1. The predicted molar refractivity (Wildman–Crippen MR) is 58.7 cm³/mol. The summed E-state index contributed by atoms with van der Waals surface area (Å²) in [6, 6.07) is 1.46. The lowest BCUT2D eigenvalue weighted by molar-refractivity contribution is 0.0682. The summed E-state index contributed by atoms with van der Waals surface area (Å²) in [5.41, 5.74) is 0.703. The fraction of sp³-hybridized carbons (Fsp3) is 0.500. The summed E-state index contributed by atoms with van der Waals surface area (Å²) in [7, 11) is 0. The number of aromatic carboxylic acids is 1. The molecular formula is C12H15NO3. The molecule has 0 spiro atoms. The Labute approximate surface area is 93.9 Å². The predicted octanol–water partition coefficient (Wildman–Crippen LogP) is 2.19. The average Bonchev–Trinajstić information content (AvgIpc) is 2.55. The number of aromatic nitrogens is 1. The number of carbonyl (C=O) groups is 2. The molecule has 0 atom stereocenters. The lowest BCUT2D eigenvalue weighted by Gasteiger charge is -2.26. The normalized spacial score (nSPS) is 15.8. The van der Waals surface area contributed by atoms with Crippen LogP contribution in [0.15, 0.2) is 12.3 Å².